The molecule has 0 saturated carbocycles. The molecule has 1 N–H and O–H groups in total. The molecule has 4 nitrogen and oxygen atoms in total. The lowest BCUT2D eigenvalue weighted by molar-refractivity contribution is 0.620. The van der Waals surface area contributed by atoms with Crippen LogP contribution in [0, 0.1) is 23.1 Å². The van der Waals surface area contributed by atoms with Crippen LogP contribution in [0.1, 0.15) is 12.0 Å². The van der Waals surface area contributed by atoms with Crippen LogP contribution in [-0.2, 0) is 0 Å². The van der Waals surface area contributed by atoms with E-state index in [0.717, 1.165) is 37.6 Å². The molecule has 0 radical (unpaired) electrons. The van der Waals surface area contributed by atoms with Crippen molar-refractivity contribution in [1.82, 2.24) is 4.98 Å². The summed E-state index contributed by atoms with van der Waals surface area (Å²) in [6, 6.07) is 12.3. The number of hydrogen-bond acceptors (Lipinski definition) is 4. The maximum Gasteiger partial charge on any atom is 0.125 e. The van der Waals surface area contributed by atoms with Gasteiger partial charge in [-0.2, -0.15) is 5.26 Å². The van der Waals surface area contributed by atoms with Gasteiger partial charge < -0.3 is 10.2 Å². The van der Waals surface area contributed by atoms with Crippen LogP contribution in [0.5, 0.6) is 0 Å². The molecule has 112 valence electrons. The number of rotatable bonds is 4. The van der Waals surface area contributed by atoms with Gasteiger partial charge in [0.15, 0.2) is 0 Å². The molecule has 1 aromatic carbocycles. The number of anilines is 2. The highest BCUT2D eigenvalue weighted by Crippen LogP contribution is 2.24. The third-order valence-electron chi connectivity index (χ3n) is 3.94. The van der Waals surface area contributed by atoms with Gasteiger partial charge in [0.2, 0.25) is 0 Å². The molecule has 0 amide bonds. The smallest absolute Gasteiger partial charge is 0.125 e. The molecule has 3 rings (SSSR count). The number of nitriles is 1. The highest BCUT2D eigenvalue weighted by molar-refractivity contribution is 5.47. The van der Waals surface area contributed by atoms with Crippen molar-refractivity contribution in [2.75, 3.05) is 29.9 Å². The second kappa shape index (κ2) is 6.44. The fourth-order valence-electron chi connectivity index (χ4n) is 2.70. The van der Waals surface area contributed by atoms with Gasteiger partial charge in [-0.05, 0) is 48.7 Å². The zero-order valence-corrected chi connectivity index (χ0v) is 12.2. The first-order valence-corrected chi connectivity index (χ1v) is 7.35. The maximum atomic E-state index is 13.0. The highest BCUT2D eigenvalue weighted by atomic mass is 19.1. The molecule has 22 heavy (non-hydrogen) atoms. The van der Waals surface area contributed by atoms with E-state index in [9.17, 15) is 4.39 Å². The van der Waals surface area contributed by atoms with Crippen LogP contribution in [0.2, 0.25) is 0 Å². The number of nitrogens with zero attached hydrogens (tertiary/aromatic N) is 3. The number of pyridine rings is 1. The van der Waals surface area contributed by atoms with Crippen LogP contribution in [-0.4, -0.2) is 24.6 Å². The standard InChI is InChI=1S/C17H17FN4/c18-15-2-4-16(5-3-15)22-8-7-14(12-22)11-21-17-6-1-13(9-19)10-20-17/h1-6,10,14H,7-8,11-12H2,(H,20,21)/t14-/m1/s1. The zero-order valence-electron chi connectivity index (χ0n) is 12.2. The summed E-state index contributed by atoms with van der Waals surface area (Å²) in [6.07, 6.45) is 2.67. The van der Waals surface area contributed by atoms with E-state index >= 15 is 0 Å². The predicted molar refractivity (Wildman–Crippen MR) is 84.2 cm³/mol. The number of benzene rings is 1. The Balaban J connectivity index is 1.52. The van der Waals surface area contributed by atoms with Crippen molar-refractivity contribution in [2.45, 2.75) is 6.42 Å². The first kappa shape index (κ1) is 14.3. The maximum absolute atomic E-state index is 13.0. The lowest BCUT2D eigenvalue weighted by Gasteiger charge is -2.19. The van der Waals surface area contributed by atoms with Gasteiger partial charge in [-0.25, -0.2) is 9.37 Å². The normalized spacial score (nSPS) is 17.3. The van der Waals surface area contributed by atoms with Gasteiger partial charge in [0.1, 0.15) is 17.7 Å². The number of aromatic nitrogens is 1. The minimum atomic E-state index is -0.201. The molecule has 0 aliphatic carbocycles. The van der Waals surface area contributed by atoms with E-state index in [1.807, 2.05) is 18.2 Å². The molecule has 5 heteroatoms. The van der Waals surface area contributed by atoms with Gasteiger partial charge >= 0.3 is 0 Å². The summed E-state index contributed by atoms with van der Waals surface area (Å²) in [5.74, 6) is 1.12. The van der Waals surface area contributed by atoms with Crippen molar-refractivity contribution < 1.29 is 4.39 Å². The summed E-state index contributed by atoms with van der Waals surface area (Å²) >= 11 is 0. The molecule has 2 aromatic rings. The Morgan fingerprint density at radius 3 is 2.77 bits per heavy atom. The fraction of sp³-hybridized carbons (Fsp3) is 0.294. The van der Waals surface area contributed by atoms with E-state index in [1.54, 1.807) is 12.3 Å². The average molecular weight is 296 g/mol. The lowest BCUT2D eigenvalue weighted by atomic mass is 10.1. The third kappa shape index (κ3) is 3.34. The minimum Gasteiger partial charge on any atom is -0.371 e. The first-order valence-electron chi connectivity index (χ1n) is 7.35. The second-order valence-electron chi connectivity index (χ2n) is 5.50. The Labute approximate surface area is 129 Å². The quantitative estimate of drug-likeness (QED) is 0.942. The number of nitrogens with one attached hydrogen (secondary N) is 1. The van der Waals surface area contributed by atoms with Gasteiger partial charge in [0, 0.05) is 31.5 Å². The van der Waals surface area contributed by atoms with E-state index in [4.69, 9.17) is 5.26 Å². The summed E-state index contributed by atoms with van der Waals surface area (Å²) in [7, 11) is 0. The Morgan fingerprint density at radius 2 is 2.09 bits per heavy atom. The lowest BCUT2D eigenvalue weighted by Crippen LogP contribution is -2.22. The summed E-state index contributed by atoms with van der Waals surface area (Å²) in [5.41, 5.74) is 1.63. The topological polar surface area (TPSA) is 52.0 Å². The molecular weight excluding hydrogens is 279 g/mol. The fourth-order valence-corrected chi connectivity index (χ4v) is 2.70. The molecule has 1 saturated heterocycles. The molecule has 1 aromatic heterocycles. The molecule has 1 aliphatic heterocycles. The van der Waals surface area contributed by atoms with Crippen LogP contribution in [0.15, 0.2) is 42.6 Å². The van der Waals surface area contributed by atoms with Crippen LogP contribution in [0.4, 0.5) is 15.9 Å². The largest absolute Gasteiger partial charge is 0.371 e. The van der Waals surface area contributed by atoms with Crippen molar-refractivity contribution in [3.63, 3.8) is 0 Å². The van der Waals surface area contributed by atoms with Crippen LogP contribution in [0.3, 0.4) is 0 Å². The van der Waals surface area contributed by atoms with E-state index in [1.165, 1.54) is 12.1 Å². The van der Waals surface area contributed by atoms with E-state index in [-0.39, 0.29) is 5.82 Å². The molecule has 1 atom stereocenters. The number of halogens is 1. The molecule has 1 aliphatic rings. The van der Waals surface area contributed by atoms with E-state index in [2.05, 4.69) is 21.3 Å². The van der Waals surface area contributed by atoms with Gasteiger partial charge in [0.05, 0.1) is 5.56 Å². The summed E-state index contributed by atoms with van der Waals surface area (Å²) < 4.78 is 13.0. The van der Waals surface area contributed by atoms with Gasteiger partial charge in [-0.15, -0.1) is 0 Å². The van der Waals surface area contributed by atoms with Gasteiger partial charge in [-0.3, -0.25) is 0 Å². The third-order valence-corrected chi connectivity index (χ3v) is 3.94. The Kier molecular flexibility index (Phi) is 4.19. The van der Waals surface area contributed by atoms with Crippen molar-refractivity contribution >= 4 is 11.5 Å². The predicted octanol–water partition coefficient (Wildman–Crippen LogP) is 3.03. The van der Waals surface area contributed by atoms with Crippen molar-refractivity contribution in [2.24, 2.45) is 5.92 Å². The Bertz CT molecular complexity index is 661. The summed E-state index contributed by atoms with van der Waals surface area (Å²) in [6.45, 7) is 2.78. The van der Waals surface area contributed by atoms with E-state index < -0.39 is 0 Å². The van der Waals surface area contributed by atoms with Gasteiger partial charge in [0.25, 0.3) is 0 Å². The molecular formula is C17H17FN4. The van der Waals surface area contributed by atoms with Crippen molar-refractivity contribution in [3.8, 4) is 6.07 Å². The first-order chi connectivity index (χ1) is 10.7. The highest BCUT2D eigenvalue weighted by Gasteiger charge is 2.22. The molecule has 0 spiro atoms. The van der Waals surface area contributed by atoms with Crippen LogP contribution in [0.25, 0.3) is 0 Å². The van der Waals surface area contributed by atoms with Crippen molar-refractivity contribution in [3.05, 3.63) is 54.0 Å². The number of hydrogen-bond donors (Lipinski definition) is 1. The monoisotopic (exact) mass is 296 g/mol. The minimum absolute atomic E-state index is 0.201. The average Bonchev–Trinajstić information content (AvgIpc) is 3.03. The summed E-state index contributed by atoms with van der Waals surface area (Å²) in [5, 5.41) is 12.1. The van der Waals surface area contributed by atoms with Crippen LogP contribution >= 0.6 is 0 Å². The van der Waals surface area contributed by atoms with Crippen LogP contribution < -0.4 is 10.2 Å². The molecule has 1 fully saturated rings. The summed E-state index contributed by atoms with van der Waals surface area (Å²) in [4.78, 5) is 6.48. The molecule has 2 heterocycles. The molecule has 0 unspecified atom stereocenters. The van der Waals surface area contributed by atoms with E-state index in [0.29, 0.717) is 11.5 Å². The van der Waals surface area contributed by atoms with Gasteiger partial charge in [-0.1, -0.05) is 0 Å². The zero-order chi connectivity index (χ0) is 15.4. The SMILES string of the molecule is N#Cc1ccc(NC[C@H]2CCN(c3ccc(F)cc3)C2)nc1. The Morgan fingerprint density at radius 1 is 1.27 bits per heavy atom. The molecule has 0 bridgehead atoms. The van der Waals surface area contributed by atoms with Crippen molar-refractivity contribution in [1.29, 1.82) is 5.26 Å². The second-order valence-corrected chi connectivity index (χ2v) is 5.50. The Hall–Kier alpha value is -2.61.